The summed E-state index contributed by atoms with van der Waals surface area (Å²) in [6.45, 7) is 13.9. The molecule has 3 heterocycles. The average molecular weight is 624 g/mol. The minimum absolute atomic E-state index is 0.0643. The van der Waals surface area contributed by atoms with Crippen molar-refractivity contribution in [3.05, 3.63) is 61.2 Å². The van der Waals surface area contributed by atoms with Gasteiger partial charge >= 0.3 is 5.97 Å². The molecule has 4 rings (SSSR count). The van der Waals surface area contributed by atoms with Crippen molar-refractivity contribution >= 4 is 23.7 Å². The molecule has 0 aliphatic carbocycles. The van der Waals surface area contributed by atoms with E-state index in [4.69, 9.17) is 9.47 Å². The molecule has 3 aliphatic rings. The minimum Gasteiger partial charge on any atom is -0.455 e. The number of unbranched alkanes of at least 4 members (excludes halogenated alkanes) is 1. The quantitative estimate of drug-likeness (QED) is 0.201. The lowest BCUT2D eigenvalue weighted by atomic mass is 9.70. The van der Waals surface area contributed by atoms with Crippen LogP contribution < -0.4 is 5.32 Å². The number of carbonyl (C=O) groups excluding carboxylic acids is 4. The molecule has 3 amide bonds. The zero-order chi connectivity index (χ0) is 32.7. The Balaban J connectivity index is 1.67. The summed E-state index contributed by atoms with van der Waals surface area (Å²) in [4.78, 5) is 58.5. The maximum atomic E-state index is 14.4. The monoisotopic (exact) mass is 623 g/mol. The smallest absolute Gasteiger partial charge is 0.313 e. The number of nitrogens with zero attached hydrogens (tertiary/aromatic N) is 2. The summed E-state index contributed by atoms with van der Waals surface area (Å²) in [7, 11) is 0. The second kappa shape index (κ2) is 15.2. The van der Waals surface area contributed by atoms with Gasteiger partial charge in [0.2, 0.25) is 17.7 Å². The van der Waals surface area contributed by atoms with Crippen LogP contribution in [0.1, 0.15) is 71.0 Å². The highest BCUT2D eigenvalue weighted by molar-refractivity contribution is 5.98. The van der Waals surface area contributed by atoms with Crippen molar-refractivity contribution in [2.75, 3.05) is 26.2 Å². The van der Waals surface area contributed by atoms with E-state index in [9.17, 15) is 24.3 Å². The molecule has 0 aromatic heterocycles. The van der Waals surface area contributed by atoms with Gasteiger partial charge in [-0.05, 0) is 37.2 Å². The normalized spacial score (nSPS) is 26.3. The lowest BCUT2D eigenvalue weighted by molar-refractivity contribution is -0.161. The van der Waals surface area contributed by atoms with Crippen molar-refractivity contribution in [2.24, 2.45) is 17.8 Å². The fourth-order valence-electron chi connectivity index (χ4n) is 7.23. The number of nitrogens with one attached hydrogen (secondary N) is 1. The SMILES string of the molecule is C=CCCC(=O)NC[C@@H](OC(=O)[C@@H]1[C@H]2C(=O)N([C@@H](CO)C(C)C)[C@H](C(=O)N(CC=C)CCCC)[C@]23CC[C@H]1O3)c1ccccc1. The molecule has 3 saturated heterocycles. The summed E-state index contributed by atoms with van der Waals surface area (Å²) >= 11 is 0. The molecule has 246 valence electrons. The van der Waals surface area contributed by atoms with Gasteiger partial charge in [-0.1, -0.05) is 69.7 Å². The molecule has 0 saturated carbocycles. The van der Waals surface area contributed by atoms with Gasteiger partial charge in [-0.2, -0.15) is 0 Å². The summed E-state index contributed by atoms with van der Waals surface area (Å²) in [5.74, 6) is -3.41. The Kier molecular flexibility index (Phi) is 11.6. The number of rotatable bonds is 17. The number of amides is 3. The van der Waals surface area contributed by atoms with Gasteiger partial charge in [0.1, 0.15) is 17.7 Å². The fraction of sp³-hybridized carbons (Fsp3) is 0.600. The number of carbonyl (C=O) groups is 4. The van der Waals surface area contributed by atoms with Crippen LogP contribution in [0.25, 0.3) is 0 Å². The highest BCUT2D eigenvalue weighted by Gasteiger charge is 2.75. The third-order valence-corrected chi connectivity index (χ3v) is 9.49. The van der Waals surface area contributed by atoms with Crippen LogP contribution in [-0.4, -0.2) is 88.6 Å². The van der Waals surface area contributed by atoms with E-state index in [1.165, 1.54) is 4.90 Å². The first-order valence-corrected chi connectivity index (χ1v) is 16.3. The first-order chi connectivity index (χ1) is 21.6. The molecule has 45 heavy (non-hydrogen) atoms. The van der Waals surface area contributed by atoms with Crippen molar-refractivity contribution in [2.45, 2.75) is 89.2 Å². The van der Waals surface area contributed by atoms with Crippen LogP contribution in [0.2, 0.25) is 0 Å². The molecule has 0 unspecified atom stereocenters. The number of hydrogen-bond donors (Lipinski definition) is 2. The van der Waals surface area contributed by atoms with Crippen LogP contribution in [0.3, 0.4) is 0 Å². The molecule has 1 spiro atoms. The van der Waals surface area contributed by atoms with Crippen LogP contribution >= 0.6 is 0 Å². The summed E-state index contributed by atoms with van der Waals surface area (Å²) < 4.78 is 12.7. The molecule has 3 fully saturated rings. The van der Waals surface area contributed by atoms with E-state index in [1.54, 1.807) is 17.1 Å². The number of ether oxygens (including phenoxy) is 2. The summed E-state index contributed by atoms with van der Waals surface area (Å²) in [6.07, 6.45) is 5.37. The van der Waals surface area contributed by atoms with Crippen molar-refractivity contribution in [3.8, 4) is 0 Å². The van der Waals surface area contributed by atoms with Crippen molar-refractivity contribution in [1.82, 2.24) is 15.1 Å². The molecular formula is C35H49N3O7. The number of benzene rings is 1. The average Bonchev–Trinajstić information content (AvgIpc) is 3.68. The zero-order valence-electron chi connectivity index (χ0n) is 26.9. The van der Waals surface area contributed by atoms with E-state index in [-0.39, 0.29) is 43.2 Å². The Morgan fingerprint density at radius 2 is 1.96 bits per heavy atom. The number of aliphatic hydroxyl groups excluding tert-OH is 1. The number of esters is 1. The van der Waals surface area contributed by atoms with Gasteiger partial charge in [0, 0.05) is 19.5 Å². The standard InChI is InChI=1S/C35H49N3O7/c1-6-9-16-28(40)36-21-27(24-14-12-11-13-15-24)44-34(43)29-26-17-18-35(45-26)30(29)32(41)38(25(22-39)23(4)5)31(35)33(42)37(19-8-3)20-10-7-2/h6,8,11-15,23,25-27,29-31,39H,1,3,7,9-10,16-22H2,2,4-5H3,(H,36,40)/t25-,26+,27+,29-,30-,31+,35-/m0/s1. The first kappa shape index (κ1) is 34.4. The number of allylic oxidation sites excluding steroid dienone is 1. The van der Waals surface area contributed by atoms with Gasteiger partial charge in [0.05, 0.1) is 37.1 Å². The molecule has 10 nitrogen and oxygen atoms in total. The van der Waals surface area contributed by atoms with Gasteiger partial charge in [0.25, 0.3) is 0 Å². The Morgan fingerprint density at radius 1 is 1.22 bits per heavy atom. The number of aliphatic hydroxyl groups is 1. The molecule has 1 aromatic rings. The van der Waals surface area contributed by atoms with Gasteiger partial charge in [-0.15, -0.1) is 13.2 Å². The lowest BCUT2D eigenvalue weighted by Crippen LogP contribution is -2.59. The molecule has 0 radical (unpaired) electrons. The van der Waals surface area contributed by atoms with Crippen molar-refractivity contribution in [3.63, 3.8) is 0 Å². The van der Waals surface area contributed by atoms with Crippen molar-refractivity contribution < 1.29 is 33.8 Å². The summed E-state index contributed by atoms with van der Waals surface area (Å²) in [6, 6.07) is 7.53. The molecule has 10 heteroatoms. The lowest BCUT2D eigenvalue weighted by Gasteiger charge is -2.40. The zero-order valence-corrected chi connectivity index (χ0v) is 26.9. The van der Waals surface area contributed by atoms with Crippen LogP contribution in [0.15, 0.2) is 55.6 Å². The van der Waals surface area contributed by atoms with Crippen LogP contribution in [0.5, 0.6) is 0 Å². The Morgan fingerprint density at radius 3 is 2.58 bits per heavy atom. The van der Waals surface area contributed by atoms with E-state index in [2.05, 4.69) is 18.5 Å². The highest BCUT2D eigenvalue weighted by Crippen LogP contribution is 2.59. The third-order valence-electron chi connectivity index (χ3n) is 9.49. The Labute approximate surface area is 266 Å². The van der Waals surface area contributed by atoms with E-state index in [1.807, 2.05) is 51.1 Å². The van der Waals surface area contributed by atoms with Crippen LogP contribution in [-0.2, 0) is 28.7 Å². The number of likely N-dealkylation sites (tertiary alicyclic amines) is 1. The van der Waals surface area contributed by atoms with Gasteiger partial charge in [-0.25, -0.2) is 0 Å². The minimum atomic E-state index is -1.21. The predicted molar refractivity (Wildman–Crippen MR) is 170 cm³/mol. The fourth-order valence-corrected chi connectivity index (χ4v) is 7.23. The largest absolute Gasteiger partial charge is 0.455 e. The van der Waals surface area contributed by atoms with Gasteiger partial charge in [0.15, 0.2) is 0 Å². The second-order valence-electron chi connectivity index (χ2n) is 12.7. The predicted octanol–water partition coefficient (Wildman–Crippen LogP) is 3.56. The third kappa shape index (κ3) is 6.87. The van der Waals surface area contributed by atoms with Crippen LogP contribution in [0, 0.1) is 17.8 Å². The summed E-state index contributed by atoms with van der Waals surface area (Å²) in [5.41, 5.74) is -0.505. The molecule has 1 aromatic carbocycles. The van der Waals surface area contributed by atoms with Gasteiger partial charge < -0.3 is 29.7 Å². The van der Waals surface area contributed by atoms with Gasteiger partial charge in [-0.3, -0.25) is 19.2 Å². The van der Waals surface area contributed by atoms with Crippen molar-refractivity contribution in [1.29, 1.82) is 0 Å². The molecule has 7 atom stereocenters. The maximum absolute atomic E-state index is 14.4. The Bertz CT molecular complexity index is 1240. The van der Waals surface area contributed by atoms with E-state index in [0.717, 1.165) is 12.8 Å². The molecule has 2 N–H and O–H groups in total. The first-order valence-electron chi connectivity index (χ1n) is 16.3. The topological polar surface area (TPSA) is 125 Å². The molecule has 2 bridgehead atoms. The van der Waals surface area contributed by atoms with E-state index in [0.29, 0.717) is 37.9 Å². The van der Waals surface area contributed by atoms with Crippen LogP contribution in [0.4, 0.5) is 0 Å². The molecular weight excluding hydrogens is 574 g/mol. The number of fused-ring (bicyclic) bond motifs is 1. The van der Waals surface area contributed by atoms with E-state index < -0.39 is 47.7 Å². The number of hydrogen-bond acceptors (Lipinski definition) is 7. The van der Waals surface area contributed by atoms with E-state index >= 15 is 0 Å². The highest BCUT2D eigenvalue weighted by atomic mass is 16.6. The second-order valence-corrected chi connectivity index (χ2v) is 12.7. The summed E-state index contributed by atoms with van der Waals surface area (Å²) in [5, 5.41) is 13.3. The molecule has 3 aliphatic heterocycles. The maximum Gasteiger partial charge on any atom is 0.313 e. The Hall–Kier alpha value is -3.50.